The standard InChI is InChI=1S/C28H23F3N6OS/c1-39-24-8-2-17(15-34-24)21-5-6-22-26(35-21)27-18(16-33-22)3-9-25(38)37(27)19-4-7-23(20(14-19)28(29,30)31)36-12-10-32-11-13-36/h2-9,14-16,32H,10-13H2,1H3. The van der Waals surface area contributed by atoms with Gasteiger partial charge < -0.3 is 10.2 Å². The molecule has 0 unspecified atom stereocenters. The van der Waals surface area contributed by atoms with E-state index in [1.807, 2.05) is 24.5 Å². The molecule has 5 aromatic rings. The summed E-state index contributed by atoms with van der Waals surface area (Å²) in [4.78, 5) is 28.7. The number of piperazine rings is 1. The van der Waals surface area contributed by atoms with E-state index in [0.717, 1.165) is 16.7 Å². The minimum atomic E-state index is -4.60. The number of nitrogens with one attached hydrogen (secondary N) is 1. The number of rotatable bonds is 4. The Morgan fingerprint density at radius 3 is 2.49 bits per heavy atom. The van der Waals surface area contributed by atoms with Crippen molar-refractivity contribution < 1.29 is 13.2 Å². The van der Waals surface area contributed by atoms with E-state index in [1.54, 1.807) is 35.5 Å². The van der Waals surface area contributed by atoms with Gasteiger partial charge in [0.05, 0.1) is 33.0 Å². The zero-order valence-corrected chi connectivity index (χ0v) is 21.7. The lowest BCUT2D eigenvalue weighted by Gasteiger charge is -2.31. The van der Waals surface area contributed by atoms with Gasteiger partial charge in [-0.05, 0) is 54.8 Å². The van der Waals surface area contributed by atoms with Gasteiger partial charge in [-0.25, -0.2) is 9.97 Å². The van der Waals surface area contributed by atoms with Gasteiger partial charge in [-0.1, -0.05) is 0 Å². The van der Waals surface area contributed by atoms with Crippen LogP contribution in [0.15, 0.2) is 76.8 Å². The maximum absolute atomic E-state index is 14.3. The van der Waals surface area contributed by atoms with Crippen molar-refractivity contribution in [2.24, 2.45) is 0 Å². The van der Waals surface area contributed by atoms with Gasteiger partial charge in [0, 0.05) is 61.3 Å². The summed E-state index contributed by atoms with van der Waals surface area (Å²) >= 11 is 1.53. The van der Waals surface area contributed by atoms with E-state index in [4.69, 9.17) is 4.98 Å². The van der Waals surface area contributed by atoms with Crippen molar-refractivity contribution in [2.45, 2.75) is 11.2 Å². The van der Waals surface area contributed by atoms with Crippen LogP contribution in [0.4, 0.5) is 18.9 Å². The number of aromatic nitrogens is 4. The predicted octanol–water partition coefficient (Wildman–Crippen LogP) is 5.15. The van der Waals surface area contributed by atoms with Crippen LogP contribution in [0.2, 0.25) is 0 Å². The molecular formula is C28H23F3N6OS. The number of pyridine rings is 4. The van der Waals surface area contributed by atoms with Gasteiger partial charge in [-0.3, -0.25) is 14.3 Å². The molecule has 6 rings (SSSR count). The van der Waals surface area contributed by atoms with Crippen LogP contribution < -0.4 is 15.8 Å². The van der Waals surface area contributed by atoms with Gasteiger partial charge in [-0.2, -0.15) is 13.2 Å². The van der Waals surface area contributed by atoms with Crippen LogP contribution in [-0.4, -0.2) is 52.0 Å². The summed E-state index contributed by atoms with van der Waals surface area (Å²) in [5, 5.41) is 4.61. The monoisotopic (exact) mass is 548 g/mol. The average Bonchev–Trinajstić information content (AvgIpc) is 2.96. The lowest BCUT2D eigenvalue weighted by Crippen LogP contribution is -2.44. The van der Waals surface area contributed by atoms with Gasteiger partial charge in [0.2, 0.25) is 0 Å². The molecule has 0 aliphatic carbocycles. The van der Waals surface area contributed by atoms with Gasteiger partial charge in [0.25, 0.3) is 5.56 Å². The number of alkyl halides is 3. The van der Waals surface area contributed by atoms with Crippen LogP contribution in [0.5, 0.6) is 0 Å². The van der Waals surface area contributed by atoms with Crippen molar-refractivity contribution >= 4 is 39.4 Å². The van der Waals surface area contributed by atoms with E-state index in [2.05, 4.69) is 15.3 Å². The van der Waals surface area contributed by atoms with Crippen LogP contribution in [0, 0.1) is 0 Å². The molecule has 0 radical (unpaired) electrons. The van der Waals surface area contributed by atoms with Gasteiger partial charge in [0.15, 0.2) is 0 Å². The topological polar surface area (TPSA) is 75.9 Å². The summed E-state index contributed by atoms with van der Waals surface area (Å²) in [6, 6.07) is 14.4. The Hall–Kier alpha value is -3.96. The number of hydrogen-bond donors (Lipinski definition) is 1. The van der Waals surface area contributed by atoms with Gasteiger partial charge in [0.1, 0.15) is 5.52 Å². The highest BCUT2D eigenvalue weighted by atomic mass is 32.2. The number of nitrogens with zero attached hydrogens (tertiary/aromatic N) is 5. The lowest BCUT2D eigenvalue weighted by molar-refractivity contribution is -0.137. The fraction of sp³-hybridized carbons (Fsp3) is 0.214. The fourth-order valence-electron chi connectivity index (χ4n) is 4.91. The number of benzene rings is 1. The first-order valence-corrected chi connectivity index (χ1v) is 13.6. The van der Waals surface area contributed by atoms with E-state index in [0.29, 0.717) is 53.8 Å². The van der Waals surface area contributed by atoms with Gasteiger partial charge >= 0.3 is 6.18 Å². The van der Waals surface area contributed by atoms with Crippen molar-refractivity contribution in [1.29, 1.82) is 0 Å². The van der Waals surface area contributed by atoms with Crippen LogP contribution in [0.1, 0.15) is 5.56 Å². The van der Waals surface area contributed by atoms with E-state index >= 15 is 0 Å². The summed E-state index contributed by atoms with van der Waals surface area (Å²) < 4.78 is 44.2. The molecule has 4 aromatic heterocycles. The maximum atomic E-state index is 14.3. The minimum absolute atomic E-state index is 0.106. The Labute approximate surface area is 225 Å². The molecule has 7 nitrogen and oxygen atoms in total. The van der Waals surface area contributed by atoms with E-state index in [-0.39, 0.29) is 11.4 Å². The molecule has 1 N–H and O–H groups in total. The molecule has 0 spiro atoms. The number of hydrogen-bond acceptors (Lipinski definition) is 7. The second-order valence-corrected chi connectivity index (χ2v) is 9.99. The molecule has 0 amide bonds. The summed E-state index contributed by atoms with van der Waals surface area (Å²) in [5.41, 5.74) is 1.70. The van der Waals surface area contributed by atoms with E-state index < -0.39 is 17.3 Å². The second kappa shape index (κ2) is 9.97. The van der Waals surface area contributed by atoms with Gasteiger partial charge in [-0.15, -0.1) is 11.8 Å². The summed E-state index contributed by atoms with van der Waals surface area (Å²) in [6.45, 7) is 2.13. The number of thioether (sulfide) groups is 1. The molecule has 11 heteroatoms. The lowest BCUT2D eigenvalue weighted by atomic mass is 10.1. The third kappa shape index (κ3) is 4.72. The summed E-state index contributed by atoms with van der Waals surface area (Å²) in [6.07, 6.45) is 0.656. The quantitative estimate of drug-likeness (QED) is 0.246. The SMILES string of the molecule is CSc1ccc(-c2ccc3ncc4ccc(=O)n(-c5ccc(N6CCNCC6)c(C(F)(F)F)c5)c4c3n2)cn1. The molecule has 1 aliphatic heterocycles. The van der Waals surface area contributed by atoms with E-state index in [9.17, 15) is 18.0 Å². The normalized spacial score (nSPS) is 14.3. The van der Waals surface area contributed by atoms with Crippen molar-refractivity contribution in [3.63, 3.8) is 0 Å². The molecule has 39 heavy (non-hydrogen) atoms. The largest absolute Gasteiger partial charge is 0.418 e. The van der Waals surface area contributed by atoms with Crippen LogP contribution in [-0.2, 0) is 6.18 Å². The summed E-state index contributed by atoms with van der Waals surface area (Å²) in [7, 11) is 0. The molecule has 1 aliphatic rings. The Morgan fingerprint density at radius 1 is 0.949 bits per heavy atom. The summed E-state index contributed by atoms with van der Waals surface area (Å²) in [5.74, 6) is 0. The third-order valence-corrected chi connectivity index (χ3v) is 7.47. The molecule has 1 aromatic carbocycles. The third-order valence-electron chi connectivity index (χ3n) is 6.81. The molecular weight excluding hydrogens is 525 g/mol. The zero-order chi connectivity index (χ0) is 27.1. The fourth-order valence-corrected chi connectivity index (χ4v) is 5.27. The van der Waals surface area contributed by atoms with Crippen LogP contribution in [0.25, 0.3) is 38.9 Å². The second-order valence-electron chi connectivity index (χ2n) is 9.16. The zero-order valence-electron chi connectivity index (χ0n) is 20.9. The first-order valence-electron chi connectivity index (χ1n) is 12.3. The predicted molar refractivity (Wildman–Crippen MR) is 148 cm³/mol. The molecule has 0 bridgehead atoms. The highest BCUT2D eigenvalue weighted by molar-refractivity contribution is 7.98. The highest BCUT2D eigenvalue weighted by Gasteiger charge is 2.36. The first kappa shape index (κ1) is 25.3. The Morgan fingerprint density at radius 2 is 1.77 bits per heavy atom. The molecule has 198 valence electrons. The van der Waals surface area contributed by atoms with Crippen LogP contribution >= 0.6 is 11.8 Å². The first-order chi connectivity index (χ1) is 18.8. The number of anilines is 1. The van der Waals surface area contributed by atoms with E-state index in [1.165, 1.54) is 28.5 Å². The molecule has 5 heterocycles. The highest BCUT2D eigenvalue weighted by Crippen LogP contribution is 2.38. The molecule has 0 atom stereocenters. The molecule has 1 fully saturated rings. The Balaban J connectivity index is 1.58. The molecule has 0 saturated carbocycles. The number of fused-ring (bicyclic) bond motifs is 3. The maximum Gasteiger partial charge on any atom is 0.418 e. The minimum Gasteiger partial charge on any atom is -0.368 e. The van der Waals surface area contributed by atoms with Crippen molar-refractivity contribution in [3.05, 3.63) is 82.9 Å². The van der Waals surface area contributed by atoms with Crippen LogP contribution in [0.3, 0.4) is 0 Å². The van der Waals surface area contributed by atoms with Crippen molar-refractivity contribution in [1.82, 2.24) is 24.8 Å². The van der Waals surface area contributed by atoms with Crippen molar-refractivity contribution in [3.8, 4) is 16.9 Å². The molecule has 1 saturated heterocycles. The Bertz CT molecular complexity index is 1750. The smallest absolute Gasteiger partial charge is 0.368 e. The Kier molecular flexibility index (Phi) is 6.48. The van der Waals surface area contributed by atoms with Crippen molar-refractivity contribution in [2.75, 3.05) is 37.3 Å². The average molecular weight is 549 g/mol. The number of halogens is 3.